The van der Waals surface area contributed by atoms with E-state index in [1.165, 1.54) is 11.0 Å². The van der Waals surface area contributed by atoms with E-state index in [0.29, 0.717) is 10.0 Å². The Hall–Kier alpha value is -0.660. The van der Waals surface area contributed by atoms with Crippen LogP contribution in [-0.4, -0.2) is 31.5 Å². The number of benzene rings is 1. The van der Waals surface area contributed by atoms with Gasteiger partial charge in [-0.1, -0.05) is 22.0 Å². The van der Waals surface area contributed by atoms with Gasteiger partial charge in [0, 0.05) is 46.1 Å². The van der Waals surface area contributed by atoms with Gasteiger partial charge in [0.1, 0.15) is 5.82 Å². The Morgan fingerprint density at radius 3 is 2.75 bits per heavy atom. The molecule has 0 radical (unpaired) electrons. The minimum absolute atomic E-state index is 0.129. The maximum Gasteiger partial charge on any atom is 0.232 e. The molecule has 1 unspecified atom stereocenters. The first-order valence-corrected chi connectivity index (χ1v) is 9.16. The molecule has 1 saturated heterocycles. The van der Waals surface area contributed by atoms with Crippen molar-refractivity contribution in [2.45, 2.75) is 13.0 Å². The highest BCUT2D eigenvalue weighted by molar-refractivity contribution is 9.10. The Morgan fingerprint density at radius 2 is 2.15 bits per heavy atom. The molecule has 0 N–H and O–H groups in total. The van der Waals surface area contributed by atoms with Crippen LogP contribution < -0.4 is 0 Å². The van der Waals surface area contributed by atoms with Crippen LogP contribution in [0.2, 0.25) is 0 Å². The van der Waals surface area contributed by atoms with Crippen LogP contribution in [0.15, 0.2) is 22.7 Å². The van der Waals surface area contributed by atoms with E-state index in [2.05, 4.69) is 15.9 Å². The van der Waals surface area contributed by atoms with Gasteiger partial charge in [-0.2, -0.15) is 0 Å². The van der Waals surface area contributed by atoms with Crippen molar-refractivity contribution in [3.05, 3.63) is 34.1 Å². The van der Waals surface area contributed by atoms with E-state index >= 15 is 0 Å². The molecule has 0 bridgehead atoms. The lowest BCUT2D eigenvalue weighted by Gasteiger charge is -2.17. The van der Waals surface area contributed by atoms with Crippen molar-refractivity contribution in [3.63, 3.8) is 0 Å². The SMILES string of the molecule is O=C1CC(CS(=O)(=O)Cl)CN1Cc1ccc(Br)cc1F. The predicted molar refractivity (Wildman–Crippen MR) is 77.3 cm³/mol. The number of rotatable bonds is 4. The summed E-state index contributed by atoms with van der Waals surface area (Å²) in [6.45, 7) is 0.414. The number of carbonyl (C=O) groups is 1. The lowest BCUT2D eigenvalue weighted by molar-refractivity contribution is -0.128. The zero-order valence-electron chi connectivity index (χ0n) is 10.4. The lowest BCUT2D eigenvalue weighted by atomic mass is 10.1. The fraction of sp³-hybridized carbons (Fsp3) is 0.417. The molecular weight excluding hydrogens is 373 g/mol. The maximum atomic E-state index is 13.7. The molecule has 110 valence electrons. The standard InChI is InChI=1S/C12H12BrClFNO3S/c13-10-2-1-9(11(15)4-10)6-16-5-8(3-12(16)17)7-20(14,18)19/h1-2,4,8H,3,5-7H2. The number of nitrogens with zero attached hydrogens (tertiary/aromatic N) is 1. The van der Waals surface area contributed by atoms with Gasteiger partial charge in [0.2, 0.25) is 15.0 Å². The lowest BCUT2D eigenvalue weighted by Crippen LogP contribution is -2.25. The summed E-state index contributed by atoms with van der Waals surface area (Å²) in [5.41, 5.74) is 0.399. The van der Waals surface area contributed by atoms with E-state index in [4.69, 9.17) is 10.7 Å². The number of halogens is 3. The molecule has 1 aromatic rings. The average molecular weight is 385 g/mol. The summed E-state index contributed by atoms with van der Waals surface area (Å²) >= 11 is 3.16. The van der Waals surface area contributed by atoms with Crippen molar-refractivity contribution in [1.82, 2.24) is 4.90 Å². The van der Waals surface area contributed by atoms with E-state index in [0.717, 1.165) is 0 Å². The van der Waals surface area contributed by atoms with Gasteiger partial charge in [-0.25, -0.2) is 12.8 Å². The maximum absolute atomic E-state index is 13.7. The number of hydrogen-bond donors (Lipinski definition) is 0. The summed E-state index contributed by atoms with van der Waals surface area (Å²) in [6, 6.07) is 4.62. The Morgan fingerprint density at radius 1 is 1.45 bits per heavy atom. The first kappa shape index (κ1) is 15.7. The molecule has 1 amide bonds. The molecule has 1 atom stereocenters. The van der Waals surface area contributed by atoms with Crippen molar-refractivity contribution in [2.75, 3.05) is 12.3 Å². The van der Waals surface area contributed by atoms with E-state index in [9.17, 15) is 17.6 Å². The van der Waals surface area contributed by atoms with Gasteiger partial charge in [-0.3, -0.25) is 4.79 Å². The van der Waals surface area contributed by atoms with Gasteiger partial charge in [0.05, 0.1) is 5.75 Å². The zero-order chi connectivity index (χ0) is 14.9. The number of likely N-dealkylation sites (tertiary alicyclic amines) is 1. The molecule has 1 fully saturated rings. The minimum Gasteiger partial charge on any atom is -0.338 e. The van der Waals surface area contributed by atoms with Gasteiger partial charge in [-0.15, -0.1) is 0 Å². The van der Waals surface area contributed by atoms with E-state index in [1.54, 1.807) is 12.1 Å². The molecule has 8 heteroatoms. The molecule has 20 heavy (non-hydrogen) atoms. The summed E-state index contributed by atoms with van der Waals surface area (Å²) in [5, 5.41) is 0. The quantitative estimate of drug-likeness (QED) is 0.750. The topological polar surface area (TPSA) is 54.5 Å². The molecule has 1 aliphatic heterocycles. The van der Waals surface area contributed by atoms with Crippen molar-refractivity contribution in [2.24, 2.45) is 5.92 Å². The fourth-order valence-corrected chi connectivity index (χ4v) is 3.91. The van der Waals surface area contributed by atoms with Crippen LogP contribution in [0.5, 0.6) is 0 Å². The Labute approximate surface area is 129 Å². The summed E-state index contributed by atoms with van der Waals surface area (Å²) in [7, 11) is 1.56. The zero-order valence-corrected chi connectivity index (χ0v) is 13.5. The monoisotopic (exact) mass is 383 g/mol. The van der Waals surface area contributed by atoms with Crippen LogP contribution in [0.25, 0.3) is 0 Å². The predicted octanol–water partition coefficient (Wildman–Crippen LogP) is 2.51. The summed E-state index contributed by atoms with van der Waals surface area (Å²) in [4.78, 5) is 13.3. The van der Waals surface area contributed by atoms with Crippen molar-refractivity contribution >= 4 is 41.6 Å². The Balaban J connectivity index is 2.05. The molecule has 0 saturated carbocycles. The number of amides is 1. The Kier molecular flexibility index (Phi) is 4.71. The third-order valence-electron chi connectivity index (χ3n) is 3.11. The highest BCUT2D eigenvalue weighted by Gasteiger charge is 2.32. The summed E-state index contributed by atoms with van der Waals surface area (Å²) in [5.74, 6) is -1.15. The van der Waals surface area contributed by atoms with Gasteiger partial charge in [0.15, 0.2) is 0 Å². The van der Waals surface area contributed by atoms with Crippen LogP contribution in [0, 0.1) is 11.7 Å². The minimum atomic E-state index is -3.63. The molecule has 1 aliphatic rings. The van der Waals surface area contributed by atoms with Crippen LogP contribution in [-0.2, 0) is 20.4 Å². The van der Waals surface area contributed by atoms with Crippen molar-refractivity contribution in [3.8, 4) is 0 Å². The summed E-state index contributed by atoms with van der Waals surface area (Å²) in [6.07, 6.45) is 0.129. The van der Waals surface area contributed by atoms with Gasteiger partial charge >= 0.3 is 0 Å². The van der Waals surface area contributed by atoms with E-state index < -0.39 is 14.9 Å². The third kappa shape index (κ3) is 4.17. The van der Waals surface area contributed by atoms with Gasteiger partial charge in [0.25, 0.3) is 0 Å². The smallest absolute Gasteiger partial charge is 0.232 e. The highest BCUT2D eigenvalue weighted by atomic mass is 79.9. The second kappa shape index (κ2) is 5.99. The second-order valence-corrected chi connectivity index (χ2v) is 8.52. The van der Waals surface area contributed by atoms with E-state index in [1.807, 2.05) is 0 Å². The molecule has 0 spiro atoms. The van der Waals surface area contributed by atoms with Crippen molar-refractivity contribution < 1.29 is 17.6 Å². The molecule has 1 aromatic carbocycles. The molecule has 0 aromatic heterocycles. The largest absolute Gasteiger partial charge is 0.338 e. The third-order valence-corrected chi connectivity index (χ3v) is 4.85. The molecule has 2 rings (SSSR count). The van der Waals surface area contributed by atoms with Gasteiger partial charge < -0.3 is 4.90 Å². The average Bonchev–Trinajstić information content (AvgIpc) is 2.60. The fourth-order valence-electron chi connectivity index (χ4n) is 2.26. The van der Waals surface area contributed by atoms with E-state index in [-0.39, 0.29) is 37.1 Å². The van der Waals surface area contributed by atoms with Gasteiger partial charge in [-0.05, 0) is 12.1 Å². The van der Waals surface area contributed by atoms with Crippen LogP contribution in [0.4, 0.5) is 4.39 Å². The highest BCUT2D eigenvalue weighted by Crippen LogP contribution is 2.24. The molecule has 1 heterocycles. The van der Waals surface area contributed by atoms with Crippen LogP contribution >= 0.6 is 26.6 Å². The molecule has 0 aliphatic carbocycles. The molecule has 4 nitrogen and oxygen atoms in total. The summed E-state index contributed by atoms with van der Waals surface area (Å²) < 4.78 is 36.4. The Bertz CT molecular complexity index is 638. The van der Waals surface area contributed by atoms with Crippen LogP contribution in [0.1, 0.15) is 12.0 Å². The van der Waals surface area contributed by atoms with Crippen molar-refractivity contribution in [1.29, 1.82) is 0 Å². The second-order valence-electron chi connectivity index (χ2n) is 4.79. The normalized spacial score (nSPS) is 19.6. The first-order chi connectivity index (χ1) is 9.24. The first-order valence-electron chi connectivity index (χ1n) is 5.88. The molecular formula is C12H12BrClFNO3S. The number of hydrogen-bond acceptors (Lipinski definition) is 3. The number of carbonyl (C=O) groups excluding carboxylic acids is 1. The van der Waals surface area contributed by atoms with Crippen LogP contribution in [0.3, 0.4) is 0 Å².